The summed E-state index contributed by atoms with van der Waals surface area (Å²) in [5.41, 5.74) is -1.02. The van der Waals surface area contributed by atoms with Gasteiger partial charge in [0.05, 0.1) is 12.2 Å². The lowest BCUT2D eigenvalue weighted by Crippen LogP contribution is -2.58. The molecule has 4 heteroatoms. The van der Waals surface area contributed by atoms with Crippen LogP contribution in [-0.4, -0.2) is 60.7 Å². The van der Waals surface area contributed by atoms with Gasteiger partial charge in [0.2, 0.25) is 0 Å². The predicted molar refractivity (Wildman–Crippen MR) is 61.3 cm³/mol. The zero-order chi connectivity index (χ0) is 11.6. The SMILES string of the molecule is CN1CCC(O)(C2(CO)CCOCC2)CC1. The van der Waals surface area contributed by atoms with E-state index in [1.165, 1.54) is 0 Å². The molecule has 0 aromatic carbocycles. The zero-order valence-electron chi connectivity index (χ0n) is 10.1. The van der Waals surface area contributed by atoms with E-state index in [0.29, 0.717) is 13.2 Å². The summed E-state index contributed by atoms with van der Waals surface area (Å²) in [5, 5.41) is 20.5. The smallest absolute Gasteiger partial charge is 0.0751 e. The van der Waals surface area contributed by atoms with Gasteiger partial charge in [-0.25, -0.2) is 0 Å². The van der Waals surface area contributed by atoms with E-state index in [1.807, 2.05) is 0 Å². The Balaban J connectivity index is 2.12. The molecule has 0 unspecified atom stereocenters. The first-order chi connectivity index (χ1) is 7.62. The molecule has 2 fully saturated rings. The molecule has 0 bridgehead atoms. The number of ether oxygens (including phenoxy) is 1. The van der Waals surface area contributed by atoms with Crippen molar-refractivity contribution in [3.05, 3.63) is 0 Å². The maximum atomic E-state index is 10.8. The molecular formula is C12H23NO3. The van der Waals surface area contributed by atoms with Crippen LogP contribution in [0.15, 0.2) is 0 Å². The van der Waals surface area contributed by atoms with Gasteiger partial charge in [-0.3, -0.25) is 0 Å². The Morgan fingerprint density at radius 1 is 1.12 bits per heavy atom. The summed E-state index contributed by atoms with van der Waals surface area (Å²) in [6, 6.07) is 0. The molecule has 0 aromatic rings. The number of piperidine rings is 1. The highest BCUT2D eigenvalue weighted by molar-refractivity contribution is 5.02. The fourth-order valence-electron chi connectivity index (χ4n) is 3.05. The van der Waals surface area contributed by atoms with E-state index < -0.39 is 5.60 Å². The second-order valence-electron chi connectivity index (χ2n) is 5.39. The highest BCUT2D eigenvalue weighted by Crippen LogP contribution is 2.46. The van der Waals surface area contributed by atoms with Crippen molar-refractivity contribution in [2.75, 3.05) is 40.0 Å². The zero-order valence-corrected chi connectivity index (χ0v) is 10.1. The molecule has 0 radical (unpaired) electrons. The molecule has 0 atom stereocenters. The number of rotatable bonds is 2. The van der Waals surface area contributed by atoms with Crippen molar-refractivity contribution < 1.29 is 14.9 Å². The third kappa shape index (κ3) is 1.99. The average molecular weight is 229 g/mol. The summed E-state index contributed by atoms with van der Waals surface area (Å²) in [4.78, 5) is 2.23. The van der Waals surface area contributed by atoms with E-state index >= 15 is 0 Å². The first-order valence-corrected chi connectivity index (χ1v) is 6.21. The van der Waals surface area contributed by atoms with Crippen LogP contribution in [0.4, 0.5) is 0 Å². The largest absolute Gasteiger partial charge is 0.396 e. The first kappa shape index (κ1) is 12.3. The molecule has 2 rings (SSSR count). The maximum absolute atomic E-state index is 10.8. The molecule has 4 nitrogen and oxygen atoms in total. The standard InChI is InChI=1S/C12H23NO3/c1-13-6-2-12(15,3-7-13)11(10-14)4-8-16-9-5-11/h14-15H,2-10H2,1H3. The molecule has 2 heterocycles. The van der Waals surface area contributed by atoms with E-state index in [9.17, 15) is 10.2 Å². The number of aliphatic hydroxyl groups excluding tert-OH is 1. The summed E-state index contributed by atoms with van der Waals surface area (Å²) in [6.45, 7) is 3.24. The van der Waals surface area contributed by atoms with Crippen LogP contribution >= 0.6 is 0 Å². The second kappa shape index (κ2) is 4.61. The molecule has 0 aromatic heterocycles. The van der Waals surface area contributed by atoms with Crippen LogP contribution in [0.5, 0.6) is 0 Å². The molecule has 94 valence electrons. The number of aliphatic hydroxyl groups is 2. The Morgan fingerprint density at radius 2 is 1.69 bits per heavy atom. The summed E-state index contributed by atoms with van der Waals surface area (Å²) in [6.07, 6.45) is 3.10. The molecule has 2 N–H and O–H groups in total. The Kier molecular flexibility index (Phi) is 3.54. The number of nitrogens with zero attached hydrogens (tertiary/aromatic N) is 1. The molecule has 0 spiro atoms. The minimum atomic E-state index is -0.696. The Hall–Kier alpha value is -0.160. The average Bonchev–Trinajstić information content (AvgIpc) is 2.34. The van der Waals surface area contributed by atoms with Gasteiger partial charge < -0.3 is 19.8 Å². The van der Waals surface area contributed by atoms with Gasteiger partial charge in [-0.15, -0.1) is 0 Å². The Morgan fingerprint density at radius 3 is 2.19 bits per heavy atom. The van der Waals surface area contributed by atoms with Gasteiger partial charge in [-0.1, -0.05) is 0 Å². The summed E-state index contributed by atoms with van der Waals surface area (Å²) >= 11 is 0. The van der Waals surface area contributed by atoms with Gasteiger partial charge in [0.15, 0.2) is 0 Å². The molecule has 0 saturated carbocycles. The van der Waals surface area contributed by atoms with E-state index in [4.69, 9.17) is 4.74 Å². The highest BCUT2D eigenvalue weighted by atomic mass is 16.5. The number of hydrogen-bond acceptors (Lipinski definition) is 4. The van der Waals surface area contributed by atoms with Crippen LogP contribution < -0.4 is 0 Å². The van der Waals surface area contributed by atoms with Gasteiger partial charge in [-0.2, -0.15) is 0 Å². The summed E-state index contributed by atoms with van der Waals surface area (Å²) in [5.74, 6) is 0. The van der Waals surface area contributed by atoms with Crippen molar-refractivity contribution in [2.45, 2.75) is 31.3 Å². The fourth-order valence-corrected chi connectivity index (χ4v) is 3.05. The Labute approximate surface area is 97.2 Å². The molecule has 0 aliphatic carbocycles. The van der Waals surface area contributed by atoms with Crippen molar-refractivity contribution in [2.24, 2.45) is 5.41 Å². The first-order valence-electron chi connectivity index (χ1n) is 6.21. The van der Waals surface area contributed by atoms with Gasteiger partial charge in [-0.05, 0) is 32.7 Å². The van der Waals surface area contributed by atoms with Gasteiger partial charge >= 0.3 is 0 Å². The second-order valence-corrected chi connectivity index (χ2v) is 5.39. The predicted octanol–water partition coefficient (Wildman–Crippen LogP) is 0.232. The summed E-state index contributed by atoms with van der Waals surface area (Å²) in [7, 11) is 2.08. The van der Waals surface area contributed by atoms with Crippen LogP contribution in [-0.2, 0) is 4.74 Å². The summed E-state index contributed by atoms with van der Waals surface area (Å²) < 4.78 is 5.35. The lowest BCUT2D eigenvalue weighted by atomic mass is 9.63. The van der Waals surface area contributed by atoms with Crippen molar-refractivity contribution in [1.82, 2.24) is 4.90 Å². The van der Waals surface area contributed by atoms with E-state index in [-0.39, 0.29) is 12.0 Å². The lowest BCUT2D eigenvalue weighted by Gasteiger charge is -2.51. The number of hydrogen-bond donors (Lipinski definition) is 2. The normalized spacial score (nSPS) is 30.2. The van der Waals surface area contributed by atoms with Crippen molar-refractivity contribution in [3.8, 4) is 0 Å². The van der Waals surface area contributed by atoms with E-state index in [1.54, 1.807) is 0 Å². The topological polar surface area (TPSA) is 52.9 Å². The van der Waals surface area contributed by atoms with Crippen molar-refractivity contribution in [3.63, 3.8) is 0 Å². The molecular weight excluding hydrogens is 206 g/mol. The highest BCUT2D eigenvalue weighted by Gasteiger charge is 2.51. The Bertz CT molecular complexity index is 230. The van der Waals surface area contributed by atoms with Crippen molar-refractivity contribution in [1.29, 1.82) is 0 Å². The fraction of sp³-hybridized carbons (Fsp3) is 1.00. The van der Waals surface area contributed by atoms with Crippen LogP contribution in [0, 0.1) is 5.41 Å². The van der Waals surface area contributed by atoms with Crippen molar-refractivity contribution >= 4 is 0 Å². The quantitative estimate of drug-likeness (QED) is 0.712. The van der Waals surface area contributed by atoms with Crippen LogP contribution in [0.25, 0.3) is 0 Å². The molecule has 16 heavy (non-hydrogen) atoms. The lowest BCUT2D eigenvalue weighted by molar-refractivity contribution is -0.173. The monoisotopic (exact) mass is 229 g/mol. The number of likely N-dealkylation sites (tertiary alicyclic amines) is 1. The van der Waals surface area contributed by atoms with E-state index in [2.05, 4.69) is 11.9 Å². The van der Waals surface area contributed by atoms with Gasteiger partial charge in [0.25, 0.3) is 0 Å². The molecule has 2 aliphatic rings. The molecule has 2 aliphatic heterocycles. The minimum Gasteiger partial charge on any atom is -0.396 e. The van der Waals surface area contributed by atoms with Crippen LogP contribution in [0.2, 0.25) is 0 Å². The van der Waals surface area contributed by atoms with Crippen LogP contribution in [0.3, 0.4) is 0 Å². The van der Waals surface area contributed by atoms with Gasteiger partial charge in [0, 0.05) is 31.7 Å². The third-order valence-corrected chi connectivity index (χ3v) is 4.55. The maximum Gasteiger partial charge on any atom is 0.0751 e. The molecule has 0 amide bonds. The molecule has 2 saturated heterocycles. The third-order valence-electron chi connectivity index (χ3n) is 4.55. The van der Waals surface area contributed by atoms with Gasteiger partial charge in [0.1, 0.15) is 0 Å². The minimum absolute atomic E-state index is 0.0799. The van der Waals surface area contributed by atoms with Crippen LogP contribution in [0.1, 0.15) is 25.7 Å². The van der Waals surface area contributed by atoms with E-state index in [0.717, 1.165) is 38.8 Å².